The molecule has 0 spiro atoms. The summed E-state index contributed by atoms with van der Waals surface area (Å²) in [6.45, 7) is 4.39. The van der Waals surface area contributed by atoms with Crippen LogP contribution in [0.5, 0.6) is 0 Å². The molecule has 1 nitrogen and oxygen atoms in total. The molecule has 2 aromatic carbocycles. The maximum Gasteiger partial charge on any atom is 0.123 e. The Morgan fingerprint density at radius 2 is 1.72 bits per heavy atom. The van der Waals surface area contributed by atoms with Crippen molar-refractivity contribution in [3.63, 3.8) is 0 Å². The van der Waals surface area contributed by atoms with Crippen molar-refractivity contribution in [3.8, 4) is 11.1 Å². The van der Waals surface area contributed by atoms with Crippen LogP contribution in [-0.2, 0) is 6.42 Å². The maximum atomic E-state index is 13.2. The van der Waals surface area contributed by atoms with Gasteiger partial charge in [-0.05, 0) is 41.7 Å². The standard InChI is InChI=1S/C16H18FN/c1-11(2)9-12-3-5-13(6-4-12)15-10-14(17)7-8-16(15)18/h3-8,10-11H,9,18H2,1-2H3. The van der Waals surface area contributed by atoms with E-state index in [-0.39, 0.29) is 5.82 Å². The van der Waals surface area contributed by atoms with Crippen molar-refractivity contribution >= 4 is 5.69 Å². The van der Waals surface area contributed by atoms with E-state index in [9.17, 15) is 4.39 Å². The fourth-order valence-electron chi connectivity index (χ4n) is 2.07. The number of halogens is 1. The second-order valence-corrected chi connectivity index (χ2v) is 5.03. The molecule has 0 fully saturated rings. The van der Waals surface area contributed by atoms with Crippen molar-refractivity contribution in [2.75, 3.05) is 5.73 Å². The Balaban J connectivity index is 2.31. The van der Waals surface area contributed by atoms with Crippen molar-refractivity contribution in [2.45, 2.75) is 20.3 Å². The van der Waals surface area contributed by atoms with Crippen LogP contribution in [0.3, 0.4) is 0 Å². The van der Waals surface area contributed by atoms with Crippen LogP contribution in [0.4, 0.5) is 10.1 Å². The average molecular weight is 243 g/mol. The lowest BCUT2D eigenvalue weighted by Gasteiger charge is -2.08. The Morgan fingerprint density at radius 1 is 1.06 bits per heavy atom. The minimum Gasteiger partial charge on any atom is -0.398 e. The third-order valence-corrected chi connectivity index (χ3v) is 2.92. The Labute approximate surface area is 107 Å². The minimum atomic E-state index is -0.259. The zero-order valence-corrected chi connectivity index (χ0v) is 10.8. The lowest BCUT2D eigenvalue weighted by Crippen LogP contribution is -1.94. The molecule has 0 saturated carbocycles. The lowest BCUT2D eigenvalue weighted by atomic mass is 9.98. The van der Waals surface area contributed by atoms with E-state index >= 15 is 0 Å². The van der Waals surface area contributed by atoms with Crippen LogP contribution in [0, 0.1) is 11.7 Å². The first kappa shape index (κ1) is 12.6. The van der Waals surface area contributed by atoms with Gasteiger partial charge >= 0.3 is 0 Å². The van der Waals surface area contributed by atoms with Crippen LogP contribution in [0.1, 0.15) is 19.4 Å². The molecule has 0 unspecified atom stereocenters. The highest BCUT2D eigenvalue weighted by molar-refractivity contribution is 5.76. The van der Waals surface area contributed by atoms with E-state index in [4.69, 9.17) is 5.73 Å². The fraction of sp³-hybridized carbons (Fsp3) is 0.250. The topological polar surface area (TPSA) is 26.0 Å². The average Bonchev–Trinajstić information content (AvgIpc) is 2.33. The molecule has 94 valence electrons. The molecule has 0 aromatic heterocycles. The normalized spacial score (nSPS) is 10.9. The molecular weight excluding hydrogens is 225 g/mol. The Hall–Kier alpha value is -1.83. The molecule has 0 atom stereocenters. The van der Waals surface area contributed by atoms with Crippen LogP contribution in [0.25, 0.3) is 11.1 Å². The smallest absolute Gasteiger partial charge is 0.123 e. The predicted octanol–water partition coefficient (Wildman–Crippen LogP) is 4.27. The predicted molar refractivity (Wildman–Crippen MR) is 74.8 cm³/mol. The van der Waals surface area contributed by atoms with Crippen molar-refractivity contribution in [2.24, 2.45) is 5.92 Å². The second kappa shape index (κ2) is 5.21. The maximum absolute atomic E-state index is 13.2. The van der Waals surface area contributed by atoms with E-state index in [1.165, 1.54) is 17.7 Å². The van der Waals surface area contributed by atoms with E-state index in [1.54, 1.807) is 6.07 Å². The summed E-state index contributed by atoms with van der Waals surface area (Å²) in [6, 6.07) is 12.6. The van der Waals surface area contributed by atoms with Crippen molar-refractivity contribution < 1.29 is 4.39 Å². The number of rotatable bonds is 3. The third kappa shape index (κ3) is 2.89. The molecule has 0 amide bonds. The monoisotopic (exact) mass is 243 g/mol. The van der Waals surface area contributed by atoms with Gasteiger partial charge in [0.1, 0.15) is 5.82 Å². The molecular formula is C16H18FN. The van der Waals surface area contributed by atoms with Crippen LogP contribution in [-0.4, -0.2) is 0 Å². The second-order valence-electron chi connectivity index (χ2n) is 5.03. The Morgan fingerprint density at radius 3 is 2.33 bits per heavy atom. The number of hydrogen-bond donors (Lipinski definition) is 1. The molecule has 18 heavy (non-hydrogen) atoms. The zero-order chi connectivity index (χ0) is 13.1. The number of nitrogen functional groups attached to an aromatic ring is 1. The summed E-state index contributed by atoms with van der Waals surface area (Å²) in [7, 11) is 0. The summed E-state index contributed by atoms with van der Waals surface area (Å²) in [4.78, 5) is 0. The summed E-state index contributed by atoms with van der Waals surface area (Å²) in [5.41, 5.74) is 9.49. The molecule has 0 heterocycles. The van der Waals surface area contributed by atoms with Gasteiger partial charge in [0.2, 0.25) is 0 Å². The first-order chi connectivity index (χ1) is 8.56. The van der Waals surface area contributed by atoms with Gasteiger partial charge in [-0.25, -0.2) is 4.39 Å². The van der Waals surface area contributed by atoms with E-state index in [0.717, 1.165) is 17.5 Å². The summed E-state index contributed by atoms with van der Waals surface area (Å²) in [5, 5.41) is 0. The minimum absolute atomic E-state index is 0.259. The molecule has 2 aromatic rings. The van der Waals surface area contributed by atoms with Gasteiger partial charge in [-0.15, -0.1) is 0 Å². The first-order valence-corrected chi connectivity index (χ1v) is 6.20. The molecule has 2 rings (SSSR count). The van der Waals surface area contributed by atoms with Crippen LogP contribution in [0.2, 0.25) is 0 Å². The summed E-state index contributed by atoms with van der Waals surface area (Å²) >= 11 is 0. The van der Waals surface area contributed by atoms with E-state index in [0.29, 0.717) is 11.6 Å². The number of anilines is 1. The third-order valence-electron chi connectivity index (χ3n) is 2.92. The SMILES string of the molecule is CC(C)Cc1ccc(-c2cc(F)ccc2N)cc1. The molecule has 0 bridgehead atoms. The molecule has 2 N–H and O–H groups in total. The molecule has 0 aliphatic carbocycles. The highest BCUT2D eigenvalue weighted by atomic mass is 19.1. The zero-order valence-electron chi connectivity index (χ0n) is 10.8. The number of nitrogens with two attached hydrogens (primary N) is 1. The van der Waals surface area contributed by atoms with Crippen molar-refractivity contribution in [1.82, 2.24) is 0 Å². The van der Waals surface area contributed by atoms with Gasteiger partial charge in [0.25, 0.3) is 0 Å². The van der Waals surface area contributed by atoms with Crippen LogP contribution >= 0.6 is 0 Å². The molecule has 0 aliphatic rings. The van der Waals surface area contributed by atoms with Crippen molar-refractivity contribution in [1.29, 1.82) is 0 Å². The van der Waals surface area contributed by atoms with E-state index in [2.05, 4.69) is 26.0 Å². The molecule has 0 aliphatic heterocycles. The Kier molecular flexibility index (Phi) is 3.66. The molecule has 2 heteroatoms. The molecule has 0 saturated heterocycles. The van der Waals surface area contributed by atoms with E-state index in [1.807, 2.05) is 12.1 Å². The van der Waals surface area contributed by atoms with Crippen molar-refractivity contribution in [3.05, 3.63) is 53.8 Å². The highest BCUT2D eigenvalue weighted by Gasteiger charge is 2.05. The van der Waals surface area contributed by atoms with Gasteiger partial charge in [-0.1, -0.05) is 38.1 Å². The van der Waals surface area contributed by atoms with Crippen LogP contribution in [0.15, 0.2) is 42.5 Å². The largest absolute Gasteiger partial charge is 0.398 e. The van der Waals surface area contributed by atoms with Crippen LogP contribution < -0.4 is 5.73 Å². The van der Waals surface area contributed by atoms with Gasteiger partial charge in [0.05, 0.1) is 0 Å². The lowest BCUT2D eigenvalue weighted by molar-refractivity contribution is 0.628. The number of hydrogen-bond acceptors (Lipinski definition) is 1. The van der Waals surface area contributed by atoms with Gasteiger partial charge < -0.3 is 5.73 Å². The summed E-state index contributed by atoms with van der Waals surface area (Å²) in [5.74, 6) is 0.376. The van der Waals surface area contributed by atoms with E-state index < -0.39 is 0 Å². The van der Waals surface area contributed by atoms with Gasteiger partial charge in [-0.2, -0.15) is 0 Å². The summed E-state index contributed by atoms with van der Waals surface area (Å²) < 4.78 is 13.2. The highest BCUT2D eigenvalue weighted by Crippen LogP contribution is 2.27. The summed E-state index contributed by atoms with van der Waals surface area (Å²) in [6.07, 6.45) is 1.05. The van der Waals surface area contributed by atoms with Gasteiger partial charge in [0.15, 0.2) is 0 Å². The van der Waals surface area contributed by atoms with Gasteiger partial charge in [-0.3, -0.25) is 0 Å². The Bertz CT molecular complexity index is 529. The first-order valence-electron chi connectivity index (χ1n) is 6.20. The van der Waals surface area contributed by atoms with Gasteiger partial charge in [0, 0.05) is 11.3 Å². The molecule has 0 radical (unpaired) electrons. The number of benzene rings is 2. The fourth-order valence-corrected chi connectivity index (χ4v) is 2.07. The quantitative estimate of drug-likeness (QED) is 0.800.